The zero-order chi connectivity index (χ0) is 13.7. The van der Waals surface area contributed by atoms with Crippen LogP contribution in [0.3, 0.4) is 0 Å². The van der Waals surface area contributed by atoms with E-state index in [1.807, 2.05) is 19.9 Å². The molecule has 0 bridgehead atoms. The van der Waals surface area contributed by atoms with Gasteiger partial charge in [0.05, 0.1) is 5.75 Å². The van der Waals surface area contributed by atoms with Gasteiger partial charge in [0.1, 0.15) is 0 Å². The summed E-state index contributed by atoms with van der Waals surface area (Å²) in [6.45, 7) is 5.39. The van der Waals surface area contributed by atoms with Gasteiger partial charge in [-0.2, -0.15) is 0 Å². The van der Waals surface area contributed by atoms with Gasteiger partial charge in [-0.1, -0.05) is 6.07 Å². The number of ketones is 1. The second-order valence-corrected chi connectivity index (χ2v) is 6.08. The molecular formula is C13H16BrNO2S. The summed E-state index contributed by atoms with van der Waals surface area (Å²) in [6.07, 6.45) is 0. The van der Waals surface area contributed by atoms with Crippen LogP contribution < -0.4 is 5.32 Å². The summed E-state index contributed by atoms with van der Waals surface area (Å²) in [7, 11) is 0. The van der Waals surface area contributed by atoms with Gasteiger partial charge in [-0.25, -0.2) is 0 Å². The fourth-order valence-electron chi connectivity index (χ4n) is 1.34. The lowest BCUT2D eigenvalue weighted by Gasteiger charge is -2.09. The smallest absolute Gasteiger partial charge is 0.230 e. The van der Waals surface area contributed by atoms with Crippen molar-refractivity contribution in [2.45, 2.75) is 31.7 Å². The lowest BCUT2D eigenvalue weighted by atomic mass is 10.2. The van der Waals surface area contributed by atoms with E-state index >= 15 is 0 Å². The minimum absolute atomic E-state index is 0.0116. The highest BCUT2D eigenvalue weighted by atomic mass is 79.9. The maximum atomic E-state index is 11.5. The van der Waals surface area contributed by atoms with Gasteiger partial charge in [0.25, 0.3) is 0 Å². The highest BCUT2D eigenvalue weighted by Crippen LogP contribution is 2.28. The van der Waals surface area contributed by atoms with Crippen LogP contribution in [-0.4, -0.2) is 23.5 Å². The number of rotatable bonds is 5. The average molecular weight is 330 g/mol. The number of amides is 1. The van der Waals surface area contributed by atoms with E-state index in [2.05, 4.69) is 21.2 Å². The number of hydrogen-bond donors (Lipinski definition) is 1. The summed E-state index contributed by atoms with van der Waals surface area (Å²) in [6, 6.07) is 5.57. The first kappa shape index (κ1) is 15.2. The molecule has 0 saturated carbocycles. The van der Waals surface area contributed by atoms with Crippen molar-refractivity contribution in [3.05, 3.63) is 28.2 Å². The highest BCUT2D eigenvalue weighted by molar-refractivity contribution is 9.10. The van der Waals surface area contributed by atoms with Crippen LogP contribution in [0.25, 0.3) is 0 Å². The van der Waals surface area contributed by atoms with E-state index in [-0.39, 0.29) is 17.7 Å². The van der Waals surface area contributed by atoms with Crippen LogP contribution in [0.5, 0.6) is 0 Å². The Labute approximate surface area is 120 Å². The molecule has 0 radical (unpaired) electrons. The molecule has 0 aliphatic carbocycles. The van der Waals surface area contributed by atoms with E-state index in [1.54, 1.807) is 12.1 Å². The Hall–Kier alpha value is -0.810. The van der Waals surface area contributed by atoms with Crippen molar-refractivity contribution >= 4 is 39.4 Å². The number of hydrogen-bond acceptors (Lipinski definition) is 3. The third-order valence-electron chi connectivity index (χ3n) is 2.15. The summed E-state index contributed by atoms with van der Waals surface area (Å²) in [5.41, 5.74) is 0.665. The van der Waals surface area contributed by atoms with Crippen LogP contribution in [0.4, 0.5) is 0 Å². The first-order valence-corrected chi connectivity index (χ1v) is 7.40. The van der Waals surface area contributed by atoms with Gasteiger partial charge in [0, 0.05) is 21.0 Å². The molecule has 0 aliphatic rings. The third-order valence-corrected chi connectivity index (χ3v) is 4.14. The second-order valence-electron chi connectivity index (χ2n) is 4.21. The molecule has 0 spiro atoms. The summed E-state index contributed by atoms with van der Waals surface area (Å²) >= 11 is 4.86. The van der Waals surface area contributed by atoms with E-state index < -0.39 is 0 Å². The maximum Gasteiger partial charge on any atom is 0.230 e. The van der Waals surface area contributed by atoms with E-state index in [1.165, 1.54) is 18.7 Å². The molecular weight excluding hydrogens is 314 g/mol. The molecule has 0 aromatic heterocycles. The maximum absolute atomic E-state index is 11.5. The van der Waals surface area contributed by atoms with E-state index in [9.17, 15) is 9.59 Å². The number of carbonyl (C=O) groups is 2. The molecule has 98 valence electrons. The zero-order valence-corrected chi connectivity index (χ0v) is 13.0. The minimum Gasteiger partial charge on any atom is -0.353 e. The van der Waals surface area contributed by atoms with Crippen LogP contribution in [-0.2, 0) is 4.79 Å². The molecule has 5 heteroatoms. The normalized spacial score (nSPS) is 10.5. The van der Waals surface area contributed by atoms with Crippen molar-refractivity contribution in [3.8, 4) is 0 Å². The molecule has 0 atom stereocenters. The molecule has 1 aromatic carbocycles. The van der Waals surface area contributed by atoms with Crippen molar-refractivity contribution < 1.29 is 9.59 Å². The zero-order valence-electron chi connectivity index (χ0n) is 10.6. The molecule has 18 heavy (non-hydrogen) atoms. The van der Waals surface area contributed by atoms with Crippen molar-refractivity contribution in [3.63, 3.8) is 0 Å². The van der Waals surface area contributed by atoms with E-state index in [0.717, 1.165) is 9.37 Å². The molecule has 0 saturated heterocycles. The van der Waals surface area contributed by atoms with Gasteiger partial charge in [-0.3, -0.25) is 9.59 Å². The average Bonchev–Trinajstić information content (AvgIpc) is 2.26. The Morgan fingerprint density at radius 2 is 2.06 bits per heavy atom. The summed E-state index contributed by atoms with van der Waals surface area (Å²) in [5, 5.41) is 2.83. The topological polar surface area (TPSA) is 46.2 Å². The predicted molar refractivity (Wildman–Crippen MR) is 78.1 cm³/mol. The Morgan fingerprint density at radius 1 is 1.39 bits per heavy atom. The molecule has 0 heterocycles. The van der Waals surface area contributed by atoms with Gasteiger partial charge in [-0.05, 0) is 48.8 Å². The quantitative estimate of drug-likeness (QED) is 0.666. The molecule has 0 unspecified atom stereocenters. The molecule has 1 rings (SSSR count). The lowest BCUT2D eigenvalue weighted by molar-refractivity contribution is -0.119. The van der Waals surface area contributed by atoms with Crippen molar-refractivity contribution in [2.24, 2.45) is 0 Å². The fraction of sp³-hybridized carbons (Fsp3) is 0.385. The first-order valence-electron chi connectivity index (χ1n) is 5.62. The van der Waals surface area contributed by atoms with Crippen LogP contribution in [0.2, 0.25) is 0 Å². The van der Waals surface area contributed by atoms with E-state index in [4.69, 9.17) is 0 Å². The third kappa shape index (κ3) is 4.82. The molecule has 1 amide bonds. The minimum atomic E-state index is 0.0116. The monoisotopic (exact) mass is 329 g/mol. The predicted octanol–water partition coefficient (Wildman–Crippen LogP) is 3.27. The second kappa shape index (κ2) is 6.95. The van der Waals surface area contributed by atoms with Crippen LogP contribution in [0.15, 0.2) is 27.6 Å². The van der Waals surface area contributed by atoms with Gasteiger partial charge < -0.3 is 5.32 Å². The highest BCUT2D eigenvalue weighted by Gasteiger charge is 2.08. The van der Waals surface area contributed by atoms with Crippen LogP contribution >= 0.6 is 27.7 Å². The number of benzene rings is 1. The van der Waals surface area contributed by atoms with Gasteiger partial charge in [0.15, 0.2) is 5.78 Å². The molecule has 3 nitrogen and oxygen atoms in total. The SMILES string of the molecule is CC(=O)c1ccc(SCC(=O)NC(C)C)c(Br)c1. The number of nitrogens with one attached hydrogen (secondary N) is 1. The fourth-order valence-corrected chi connectivity index (χ4v) is 2.80. The number of thioether (sulfide) groups is 1. The number of halogens is 1. The molecule has 0 aliphatic heterocycles. The van der Waals surface area contributed by atoms with Gasteiger partial charge in [-0.15, -0.1) is 11.8 Å². The van der Waals surface area contributed by atoms with Gasteiger partial charge >= 0.3 is 0 Å². The summed E-state index contributed by atoms with van der Waals surface area (Å²) < 4.78 is 0.845. The molecule has 1 aromatic rings. The summed E-state index contributed by atoms with van der Waals surface area (Å²) in [4.78, 5) is 23.7. The Kier molecular flexibility index (Phi) is 5.88. The Balaban J connectivity index is 2.63. The van der Waals surface area contributed by atoms with Crippen LogP contribution in [0.1, 0.15) is 31.1 Å². The molecule has 1 N–H and O–H groups in total. The van der Waals surface area contributed by atoms with Crippen LogP contribution in [0, 0.1) is 0 Å². The summed E-state index contributed by atoms with van der Waals surface area (Å²) in [5.74, 6) is 0.415. The van der Waals surface area contributed by atoms with Crippen molar-refractivity contribution in [1.82, 2.24) is 5.32 Å². The Morgan fingerprint density at radius 3 is 2.56 bits per heavy atom. The first-order chi connectivity index (χ1) is 8.40. The Bertz CT molecular complexity index is 460. The number of Topliss-reactive ketones (excluding diaryl/α,β-unsaturated/α-hetero) is 1. The number of carbonyl (C=O) groups excluding carboxylic acids is 2. The van der Waals surface area contributed by atoms with Gasteiger partial charge in [0.2, 0.25) is 5.91 Å². The largest absolute Gasteiger partial charge is 0.353 e. The lowest BCUT2D eigenvalue weighted by Crippen LogP contribution is -2.31. The molecule has 0 fully saturated rings. The van der Waals surface area contributed by atoms with Crippen molar-refractivity contribution in [2.75, 3.05) is 5.75 Å². The standard InChI is InChI=1S/C13H16BrNO2S/c1-8(2)15-13(17)7-18-12-5-4-10(9(3)16)6-11(12)14/h4-6,8H,7H2,1-3H3,(H,15,17). The van der Waals surface area contributed by atoms with Crippen molar-refractivity contribution in [1.29, 1.82) is 0 Å². The van der Waals surface area contributed by atoms with E-state index in [0.29, 0.717) is 11.3 Å².